The molecule has 2 saturated heterocycles. The molecule has 0 bridgehead atoms. The van der Waals surface area contributed by atoms with Gasteiger partial charge in [-0.15, -0.1) is 11.3 Å². The number of carbonyl (C=O) groups is 1. The van der Waals surface area contributed by atoms with E-state index in [-0.39, 0.29) is 5.97 Å². The summed E-state index contributed by atoms with van der Waals surface area (Å²) in [5.41, 5.74) is 1.69. The van der Waals surface area contributed by atoms with Crippen LogP contribution < -0.4 is 10.2 Å². The van der Waals surface area contributed by atoms with Crippen LogP contribution in [0.4, 0.5) is 17.3 Å². The number of nitrogens with zero attached hydrogens (tertiary/aromatic N) is 5. The molecule has 2 fully saturated rings. The van der Waals surface area contributed by atoms with Crippen LogP contribution in [0.1, 0.15) is 47.2 Å². The van der Waals surface area contributed by atoms with Crippen molar-refractivity contribution in [2.45, 2.75) is 39.7 Å². The lowest BCUT2D eigenvalue weighted by atomic mass is 10.1. The van der Waals surface area contributed by atoms with Crippen molar-refractivity contribution >= 4 is 44.8 Å². The number of carbonyl (C=O) groups excluding carboxylic acids is 1. The lowest BCUT2D eigenvalue weighted by Gasteiger charge is -2.27. The number of anilines is 3. The van der Waals surface area contributed by atoms with Gasteiger partial charge in [-0.1, -0.05) is 0 Å². The number of piperidine rings is 1. The molecular weight excluding hydrogens is 464 g/mol. The first-order valence-electron chi connectivity index (χ1n) is 12.4. The Morgan fingerprint density at radius 3 is 2.66 bits per heavy atom. The molecule has 0 unspecified atom stereocenters. The molecule has 9 nitrogen and oxygen atoms in total. The minimum absolute atomic E-state index is 0.318. The molecule has 5 heterocycles. The van der Waals surface area contributed by atoms with E-state index >= 15 is 0 Å². The highest BCUT2D eigenvalue weighted by molar-refractivity contribution is 7.20. The van der Waals surface area contributed by atoms with Gasteiger partial charge in [0.1, 0.15) is 27.2 Å². The van der Waals surface area contributed by atoms with Crippen molar-refractivity contribution in [2.24, 2.45) is 0 Å². The maximum Gasteiger partial charge on any atom is 0.348 e. The van der Waals surface area contributed by atoms with E-state index in [2.05, 4.69) is 21.2 Å². The fourth-order valence-electron chi connectivity index (χ4n) is 4.60. The second-order valence-corrected chi connectivity index (χ2v) is 9.91. The third-order valence-electron chi connectivity index (χ3n) is 6.46. The molecule has 0 atom stereocenters. The largest absolute Gasteiger partial charge is 0.462 e. The van der Waals surface area contributed by atoms with Crippen molar-refractivity contribution in [3.8, 4) is 0 Å². The first kappa shape index (κ1) is 23.9. The minimum atomic E-state index is -0.318. The maximum atomic E-state index is 12.6. The molecule has 0 radical (unpaired) electrons. The zero-order valence-electron chi connectivity index (χ0n) is 20.4. The minimum Gasteiger partial charge on any atom is -0.462 e. The summed E-state index contributed by atoms with van der Waals surface area (Å²) in [4.78, 5) is 33.0. The summed E-state index contributed by atoms with van der Waals surface area (Å²) in [6.07, 6.45) is 5.58. The van der Waals surface area contributed by atoms with Gasteiger partial charge in [0.15, 0.2) is 0 Å². The Bertz CT molecular complexity index is 1170. The molecule has 5 rings (SSSR count). The Morgan fingerprint density at radius 1 is 1.14 bits per heavy atom. The standard InChI is InChI=1S/C25H32N6O3S/c1-3-34-25(32)22-17(2)21-23(27-18-7-8-20(26-15-18)31-9-5-4-6-10-31)28-19(29-24(21)35-22)16-30-11-13-33-14-12-30/h7-8,15H,3-6,9-14,16H2,1-2H3,(H,27,28,29). The van der Waals surface area contributed by atoms with Crippen LogP contribution in [0, 0.1) is 6.92 Å². The lowest BCUT2D eigenvalue weighted by molar-refractivity contribution is 0.0331. The molecule has 0 amide bonds. The van der Waals surface area contributed by atoms with E-state index in [0.29, 0.717) is 37.1 Å². The van der Waals surface area contributed by atoms with Gasteiger partial charge >= 0.3 is 5.97 Å². The van der Waals surface area contributed by atoms with Crippen LogP contribution in [0.3, 0.4) is 0 Å². The third kappa shape index (κ3) is 5.39. The van der Waals surface area contributed by atoms with Gasteiger partial charge in [-0.05, 0) is 50.8 Å². The van der Waals surface area contributed by atoms with E-state index in [9.17, 15) is 4.79 Å². The molecule has 3 aromatic heterocycles. The molecule has 10 heteroatoms. The number of ether oxygens (including phenoxy) is 2. The Kier molecular flexibility index (Phi) is 7.40. The van der Waals surface area contributed by atoms with Crippen LogP contribution in [0.15, 0.2) is 18.3 Å². The molecule has 0 aliphatic carbocycles. The van der Waals surface area contributed by atoms with Gasteiger partial charge in [0.2, 0.25) is 0 Å². The van der Waals surface area contributed by atoms with Crippen molar-refractivity contribution in [3.63, 3.8) is 0 Å². The molecule has 3 aromatic rings. The zero-order valence-corrected chi connectivity index (χ0v) is 21.2. The summed E-state index contributed by atoms with van der Waals surface area (Å²) < 4.78 is 10.8. The van der Waals surface area contributed by atoms with Gasteiger partial charge < -0.3 is 19.7 Å². The number of esters is 1. The predicted octanol–water partition coefficient (Wildman–Crippen LogP) is 4.14. The van der Waals surface area contributed by atoms with Crippen LogP contribution in [-0.4, -0.2) is 71.8 Å². The van der Waals surface area contributed by atoms with E-state index in [1.165, 1.54) is 30.6 Å². The lowest BCUT2D eigenvalue weighted by Crippen LogP contribution is -2.36. The van der Waals surface area contributed by atoms with Crippen LogP contribution in [0.5, 0.6) is 0 Å². The molecular formula is C25H32N6O3S. The fourth-order valence-corrected chi connectivity index (χ4v) is 5.70. The van der Waals surface area contributed by atoms with Crippen LogP contribution in [0.2, 0.25) is 0 Å². The average Bonchev–Trinajstić information content (AvgIpc) is 3.22. The van der Waals surface area contributed by atoms with Crippen LogP contribution in [-0.2, 0) is 16.0 Å². The molecule has 0 aromatic carbocycles. The highest BCUT2D eigenvalue weighted by Crippen LogP contribution is 2.36. The van der Waals surface area contributed by atoms with Gasteiger partial charge in [-0.25, -0.2) is 19.7 Å². The topological polar surface area (TPSA) is 92.7 Å². The maximum absolute atomic E-state index is 12.6. The molecule has 0 saturated carbocycles. The number of thiophene rings is 1. The van der Waals surface area contributed by atoms with Gasteiger partial charge in [0, 0.05) is 26.2 Å². The normalized spacial score (nSPS) is 17.0. The van der Waals surface area contributed by atoms with E-state index in [1.807, 2.05) is 26.1 Å². The third-order valence-corrected chi connectivity index (χ3v) is 7.62. The van der Waals surface area contributed by atoms with Crippen molar-refractivity contribution in [1.29, 1.82) is 0 Å². The second-order valence-electron chi connectivity index (χ2n) is 8.91. The predicted molar refractivity (Wildman–Crippen MR) is 138 cm³/mol. The number of hydrogen-bond acceptors (Lipinski definition) is 10. The summed E-state index contributed by atoms with van der Waals surface area (Å²) in [7, 11) is 0. The Balaban J connectivity index is 1.46. The van der Waals surface area contributed by atoms with Gasteiger partial charge in [-0.3, -0.25) is 4.90 Å². The van der Waals surface area contributed by atoms with E-state index in [0.717, 1.165) is 59.3 Å². The summed E-state index contributed by atoms with van der Waals surface area (Å²) in [5, 5.41) is 4.31. The van der Waals surface area contributed by atoms with Gasteiger partial charge in [0.25, 0.3) is 0 Å². The first-order valence-corrected chi connectivity index (χ1v) is 13.2. The monoisotopic (exact) mass is 496 g/mol. The van der Waals surface area contributed by atoms with Crippen molar-refractivity contribution in [2.75, 3.05) is 56.2 Å². The quantitative estimate of drug-likeness (QED) is 0.485. The molecule has 186 valence electrons. The average molecular weight is 497 g/mol. The summed E-state index contributed by atoms with van der Waals surface area (Å²) in [6.45, 7) is 9.96. The van der Waals surface area contributed by atoms with Gasteiger partial charge in [-0.2, -0.15) is 0 Å². The van der Waals surface area contributed by atoms with E-state index < -0.39 is 0 Å². The number of nitrogens with one attached hydrogen (secondary N) is 1. The smallest absolute Gasteiger partial charge is 0.348 e. The molecule has 35 heavy (non-hydrogen) atoms. The van der Waals surface area contributed by atoms with Crippen LogP contribution in [0.25, 0.3) is 10.2 Å². The van der Waals surface area contributed by atoms with Crippen molar-refractivity contribution in [1.82, 2.24) is 19.9 Å². The van der Waals surface area contributed by atoms with E-state index in [4.69, 9.17) is 24.4 Å². The summed E-state index contributed by atoms with van der Waals surface area (Å²) in [5.74, 6) is 2.10. The van der Waals surface area contributed by atoms with Crippen molar-refractivity contribution in [3.05, 3.63) is 34.6 Å². The molecule has 0 spiro atoms. The Hall–Kier alpha value is -2.82. The molecule has 2 aliphatic heterocycles. The number of hydrogen-bond donors (Lipinski definition) is 1. The molecule has 1 N–H and O–H groups in total. The number of aryl methyl sites for hydroxylation is 1. The molecule has 2 aliphatic rings. The summed E-state index contributed by atoms with van der Waals surface area (Å²) in [6, 6.07) is 4.10. The SMILES string of the molecule is CCOC(=O)c1sc2nc(CN3CCOCC3)nc(Nc3ccc(N4CCCCC4)nc3)c2c1C. The number of pyridine rings is 1. The number of rotatable bonds is 7. The first-order chi connectivity index (χ1) is 17.1. The number of aromatic nitrogens is 3. The van der Waals surface area contributed by atoms with Gasteiger partial charge in [0.05, 0.1) is 43.6 Å². The highest BCUT2D eigenvalue weighted by atomic mass is 32.1. The second kappa shape index (κ2) is 10.8. The van der Waals surface area contributed by atoms with E-state index in [1.54, 1.807) is 0 Å². The number of morpholine rings is 1. The Morgan fingerprint density at radius 2 is 1.94 bits per heavy atom. The Labute approximate surface area is 209 Å². The highest BCUT2D eigenvalue weighted by Gasteiger charge is 2.23. The van der Waals surface area contributed by atoms with Crippen molar-refractivity contribution < 1.29 is 14.3 Å². The fraction of sp³-hybridized carbons (Fsp3) is 0.520. The van der Waals surface area contributed by atoms with Crippen LogP contribution >= 0.6 is 11.3 Å². The number of fused-ring (bicyclic) bond motifs is 1. The zero-order chi connectivity index (χ0) is 24.2. The summed E-state index contributed by atoms with van der Waals surface area (Å²) >= 11 is 1.36.